The zero-order chi connectivity index (χ0) is 14.3. The molecule has 0 aliphatic heterocycles. The Hall–Kier alpha value is -2.34. The molecular weight excluding hydrogens is 324 g/mol. The zero-order valence-corrected chi connectivity index (χ0v) is 11.7. The molecule has 0 aliphatic carbocycles. The molecule has 0 atom stereocenters. The minimum Gasteiger partial charge on any atom is -0.478 e. The number of carboxylic acid groups (broad SMARTS) is 1. The van der Waals surface area contributed by atoms with Crippen LogP contribution in [-0.2, 0) is 0 Å². The molecule has 3 rings (SSSR count). The summed E-state index contributed by atoms with van der Waals surface area (Å²) in [5.74, 6) is -1.07. The number of rotatable bonds is 2. The maximum Gasteiger partial charge on any atom is 0.337 e. The number of para-hydroxylation sites is 1. The molecule has 0 unspecified atom stereocenters. The molecule has 0 saturated heterocycles. The maximum absolute atomic E-state index is 12.1. The van der Waals surface area contributed by atoms with Gasteiger partial charge in [0.1, 0.15) is 0 Å². The second kappa shape index (κ2) is 4.64. The molecule has 0 bridgehead atoms. The fourth-order valence-corrected chi connectivity index (χ4v) is 2.42. The van der Waals surface area contributed by atoms with Crippen molar-refractivity contribution in [2.75, 3.05) is 0 Å². The monoisotopic (exact) mass is 332 g/mol. The number of nitrogens with zero attached hydrogens (tertiary/aromatic N) is 1. The predicted molar refractivity (Wildman–Crippen MR) is 78.6 cm³/mol. The SMILES string of the molecule is O=C(O)c1cccc2c1[nH]c(=O)n2-c1ccc(Br)cc1. The second-order valence-corrected chi connectivity index (χ2v) is 5.16. The summed E-state index contributed by atoms with van der Waals surface area (Å²) in [7, 11) is 0. The van der Waals surface area contributed by atoms with E-state index in [1.165, 1.54) is 10.6 Å². The van der Waals surface area contributed by atoms with Crippen LogP contribution in [0.1, 0.15) is 10.4 Å². The van der Waals surface area contributed by atoms with Gasteiger partial charge in [0.2, 0.25) is 0 Å². The molecule has 0 amide bonds. The number of fused-ring (bicyclic) bond motifs is 1. The number of carbonyl (C=O) groups is 1. The summed E-state index contributed by atoms with van der Waals surface area (Å²) in [5.41, 5.74) is 1.25. The Bertz CT molecular complexity index is 862. The molecule has 2 N–H and O–H groups in total. The lowest BCUT2D eigenvalue weighted by Gasteiger charge is -2.04. The lowest BCUT2D eigenvalue weighted by atomic mass is 10.2. The summed E-state index contributed by atoms with van der Waals surface area (Å²) in [6.45, 7) is 0. The Labute approximate surface area is 121 Å². The van der Waals surface area contributed by atoms with Gasteiger partial charge in [0.05, 0.1) is 22.3 Å². The van der Waals surface area contributed by atoms with Crippen LogP contribution in [0.2, 0.25) is 0 Å². The van der Waals surface area contributed by atoms with Gasteiger partial charge in [-0.15, -0.1) is 0 Å². The van der Waals surface area contributed by atoms with Gasteiger partial charge in [0.15, 0.2) is 0 Å². The predicted octanol–water partition coefficient (Wildman–Crippen LogP) is 2.78. The van der Waals surface area contributed by atoms with Crippen LogP contribution in [0.4, 0.5) is 0 Å². The van der Waals surface area contributed by atoms with E-state index < -0.39 is 5.97 Å². The Morgan fingerprint density at radius 1 is 1.15 bits per heavy atom. The summed E-state index contributed by atoms with van der Waals surface area (Å²) in [4.78, 5) is 25.9. The number of halogens is 1. The van der Waals surface area contributed by atoms with Crippen molar-refractivity contribution in [2.45, 2.75) is 0 Å². The standard InChI is InChI=1S/C14H9BrN2O3/c15-8-4-6-9(7-5-8)17-11-3-1-2-10(13(18)19)12(11)16-14(17)20/h1-7H,(H,16,20)(H,18,19). The third kappa shape index (κ3) is 1.94. The summed E-state index contributed by atoms with van der Waals surface area (Å²) in [6, 6.07) is 12.0. The molecule has 2 aromatic carbocycles. The average molecular weight is 333 g/mol. The number of hydrogen-bond acceptors (Lipinski definition) is 2. The van der Waals surface area contributed by atoms with Gasteiger partial charge in [-0.3, -0.25) is 4.57 Å². The quantitative estimate of drug-likeness (QED) is 0.757. The molecule has 1 heterocycles. The number of benzene rings is 2. The van der Waals surface area contributed by atoms with Crippen LogP contribution in [0, 0.1) is 0 Å². The lowest BCUT2D eigenvalue weighted by molar-refractivity contribution is 0.0699. The van der Waals surface area contributed by atoms with Gasteiger partial charge >= 0.3 is 11.7 Å². The Morgan fingerprint density at radius 2 is 1.85 bits per heavy atom. The summed E-state index contributed by atoms with van der Waals surface area (Å²) < 4.78 is 2.36. The van der Waals surface area contributed by atoms with Crippen LogP contribution < -0.4 is 5.69 Å². The molecule has 1 aromatic heterocycles. The number of carboxylic acids is 1. The van der Waals surface area contributed by atoms with Crippen LogP contribution in [0.25, 0.3) is 16.7 Å². The first-order valence-corrected chi connectivity index (χ1v) is 6.60. The van der Waals surface area contributed by atoms with Crippen molar-refractivity contribution in [3.05, 3.63) is 63.0 Å². The van der Waals surface area contributed by atoms with Crippen molar-refractivity contribution in [2.24, 2.45) is 0 Å². The van der Waals surface area contributed by atoms with Gasteiger partial charge in [0, 0.05) is 4.47 Å². The normalized spacial score (nSPS) is 10.8. The van der Waals surface area contributed by atoms with Crippen LogP contribution >= 0.6 is 15.9 Å². The Morgan fingerprint density at radius 3 is 2.50 bits per heavy atom. The molecule has 5 nitrogen and oxygen atoms in total. The first kappa shape index (κ1) is 12.7. The maximum atomic E-state index is 12.1. The van der Waals surface area contributed by atoms with Crippen molar-refractivity contribution < 1.29 is 9.90 Å². The minimum absolute atomic E-state index is 0.0791. The smallest absolute Gasteiger partial charge is 0.337 e. The highest BCUT2D eigenvalue weighted by Gasteiger charge is 2.15. The van der Waals surface area contributed by atoms with Crippen molar-refractivity contribution in [3.8, 4) is 5.69 Å². The molecule has 0 fully saturated rings. The van der Waals surface area contributed by atoms with Crippen molar-refractivity contribution in [1.82, 2.24) is 9.55 Å². The summed E-state index contributed by atoms with van der Waals surface area (Å²) >= 11 is 3.33. The number of aromatic amines is 1. The highest BCUT2D eigenvalue weighted by atomic mass is 79.9. The van der Waals surface area contributed by atoms with E-state index in [0.29, 0.717) is 16.7 Å². The first-order valence-electron chi connectivity index (χ1n) is 5.81. The number of H-pyrrole nitrogens is 1. The van der Waals surface area contributed by atoms with Gasteiger partial charge in [-0.1, -0.05) is 22.0 Å². The molecule has 100 valence electrons. The number of hydrogen-bond donors (Lipinski definition) is 2. The number of aromatic carboxylic acids is 1. The molecule has 0 saturated carbocycles. The van der Waals surface area contributed by atoms with Crippen molar-refractivity contribution in [1.29, 1.82) is 0 Å². The van der Waals surface area contributed by atoms with Gasteiger partial charge in [-0.25, -0.2) is 9.59 Å². The molecule has 6 heteroatoms. The number of imidazole rings is 1. The molecular formula is C14H9BrN2O3. The topological polar surface area (TPSA) is 75.1 Å². The lowest BCUT2D eigenvalue weighted by Crippen LogP contribution is -2.14. The third-order valence-electron chi connectivity index (χ3n) is 3.03. The molecule has 0 radical (unpaired) electrons. The van der Waals surface area contributed by atoms with Crippen molar-refractivity contribution in [3.63, 3.8) is 0 Å². The van der Waals surface area contributed by atoms with Crippen LogP contribution in [0.5, 0.6) is 0 Å². The first-order chi connectivity index (χ1) is 9.58. The van der Waals surface area contributed by atoms with E-state index in [0.717, 1.165) is 4.47 Å². The second-order valence-electron chi connectivity index (χ2n) is 4.25. The highest BCUT2D eigenvalue weighted by Crippen LogP contribution is 2.20. The number of nitrogens with one attached hydrogen (secondary N) is 1. The van der Waals surface area contributed by atoms with E-state index in [4.69, 9.17) is 5.11 Å². The summed E-state index contributed by atoms with van der Waals surface area (Å²) in [5, 5.41) is 9.15. The van der Waals surface area contributed by atoms with E-state index in [-0.39, 0.29) is 11.3 Å². The highest BCUT2D eigenvalue weighted by molar-refractivity contribution is 9.10. The fourth-order valence-electron chi connectivity index (χ4n) is 2.15. The zero-order valence-electron chi connectivity index (χ0n) is 10.1. The van der Waals surface area contributed by atoms with E-state index >= 15 is 0 Å². The Kier molecular flexibility index (Phi) is 2.94. The van der Waals surface area contributed by atoms with E-state index in [9.17, 15) is 9.59 Å². The largest absolute Gasteiger partial charge is 0.478 e. The number of aromatic nitrogens is 2. The van der Waals surface area contributed by atoms with E-state index in [1.807, 2.05) is 12.1 Å². The van der Waals surface area contributed by atoms with Crippen LogP contribution in [0.15, 0.2) is 51.7 Å². The summed E-state index contributed by atoms with van der Waals surface area (Å²) in [6.07, 6.45) is 0. The molecule has 20 heavy (non-hydrogen) atoms. The fraction of sp³-hybridized carbons (Fsp3) is 0. The van der Waals surface area contributed by atoms with Gasteiger partial charge in [-0.2, -0.15) is 0 Å². The third-order valence-corrected chi connectivity index (χ3v) is 3.56. The van der Waals surface area contributed by atoms with Gasteiger partial charge in [0.25, 0.3) is 0 Å². The Balaban J connectivity index is 2.35. The molecule has 0 spiro atoms. The van der Waals surface area contributed by atoms with E-state index in [1.54, 1.807) is 24.3 Å². The van der Waals surface area contributed by atoms with Gasteiger partial charge in [-0.05, 0) is 36.4 Å². The molecule has 0 aliphatic rings. The van der Waals surface area contributed by atoms with Crippen LogP contribution in [-0.4, -0.2) is 20.6 Å². The average Bonchev–Trinajstić information content (AvgIpc) is 2.75. The van der Waals surface area contributed by atoms with Gasteiger partial charge < -0.3 is 10.1 Å². The van der Waals surface area contributed by atoms with Crippen LogP contribution in [0.3, 0.4) is 0 Å². The minimum atomic E-state index is -1.07. The molecule has 3 aromatic rings. The van der Waals surface area contributed by atoms with E-state index in [2.05, 4.69) is 20.9 Å². The van der Waals surface area contributed by atoms with Crippen molar-refractivity contribution >= 4 is 32.9 Å².